The lowest BCUT2D eigenvalue weighted by Gasteiger charge is -2.49. The van der Waals surface area contributed by atoms with Crippen molar-refractivity contribution in [3.63, 3.8) is 0 Å². The highest BCUT2D eigenvalue weighted by Crippen LogP contribution is 2.40. The van der Waals surface area contributed by atoms with Gasteiger partial charge in [0, 0.05) is 28.9 Å². The number of thioether (sulfide) groups is 1. The average molecular weight is 536 g/mol. The highest BCUT2D eigenvalue weighted by atomic mass is 32.2. The van der Waals surface area contributed by atoms with E-state index < -0.39 is 47.5 Å². The van der Waals surface area contributed by atoms with Crippen LogP contribution in [0.4, 0.5) is 10.8 Å². The number of hydrogen-bond donors (Lipinski definition) is 5. The Morgan fingerprint density at radius 2 is 2.11 bits per heavy atom. The fraction of sp³-hybridized carbons (Fsp3) is 0.263. The molecule has 1 unspecified atom stereocenters. The molecule has 17 heteroatoms. The van der Waals surface area contributed by atoms with Gasteiger partial charge >= 0.3 is 11.9 Å². The van der Waals surface area contributed by atoms with Crippen molar-refractivity contribution in [2.75, 3.05) is 23.8 Å². The molecule has 0 saturated carbocycles. The number of nitrogens with two attached hydrogens (primary N) is 2. The van der Waals surface area contributed by atoms with E-state index in [2.05, 4.69) is 24.7 Å². The first kappa shape index (κ1) is 24.9. The van der Waals surface area contributed by atoms with Gasteiger partial charge in [-0.25, -0.2) is 9.59 Å². The Balaban J connectivity index is 1.53. The molecular weight excluding hydrogens is 516 g/mol. The number of oxime groups is 1. The molecule has 0 bridgehead atoms. The molecule has 2 aliphatic heterocycles. The van der Waals surface area contributed by atoms with Crippen molar-refractivity contribution in [3.05, 3.63) is 41.6 Å². The van der Waals surface area contributed by atoms with Crippen LogP contribution in [0.3, 0.4) is 0 Å². The number of nitrogen functional groups attached to an aromatic ring is 2. The van der Waals surface area contributed by atoms with Gasteiger partial charge in [-0.2, -0.15) is 13.9 Å². The van der Waals surface area contributed by atoms with Crippen LogP contribution in [0.5, 0.6) is 0 Å². The first-order chi connectivity index (χ1) is 17.2. The van der Waals surface area contributed by atoms with E-state index in [0.717, 1.165) is 16.4 Å². The molecule has 36 heavy (non-hydrogen) atoms. The second-order valence-electron chi connectivity index (χ2n) is 7.49. The van der Waals surface area contributed by atoms with Crippen LogP contribution in [0.15, 0.2) is 41.0 Å². The zero-order valence-corrected chi connectivity index (χ0v) is 19.9. The number of rotatable bonds is 9. The molecule has 7 N–H and O–H groups in total. The number of amides is 2. The number of fused-ring (bicyclic) bond motifs is 1. The largest absolute Gasteiger partial charge is 0.479 e. The number of carboxylic acid groups (broad SMARTS) is 2. The predicted octanol–water partition coefficient (Wildman–Crippen LogP) is -1.77. The van der Waals surface area contributed by atoms with Gasteiger partial charge < -0.3 is 31.8 Å². The summed E-state index contributed by atoms with van der Waals surface area (Å²) in [7, 11) is 0. The Labute approximate surface area is 210 Å². The molecule has 4 rings (SSSR count). The number of anilines is 2. The van der Waals surface area contributed by atoms with Gasteiger partial charge in [-0.05, 0) is 6.07 Å². The van der Waals surface area contributed by atoms with Gasteiger partial charge in [0.05, 0.1) is 5.69 Å². The van der Waals surface area contributed by atoms with E-state index in [9.17, 15) is 24.3 Å². The summed E-state index contributed by atoms with van der Waals surface area (Å²) in [5, 5.41) is 23.9. The van der Waals surface area contributed by atoms with Crippen LogP contribution >= 0.6 is 23.3 Å². The minimum absolute atomic E-state index is 0.0271. The number of hydrogen-bond acceptors (Lipinski definition) is 12. The number of pyridine rings is 1. The molecule has 15 nitrogen and oxygen atoms in total. The molecule has 1 fully saturated rings. The molecular formula is C19H19N8O7S2+. The van der Waals surface area contributed by atoms with Crippen LogP contribution in [0, 0.1) is 0 Å². The second-order valence-corrected chi connectivity index (χ2v) is 9.38. The Morgan fingerprint density at radius 1 is 1.33 bits per heavy atom. The highest BCUT2D eigenvalue weighted by molar-refractivity contribution is 8.00. The van der Waals surface area contributed by atoms with E-state index in [1.807, 2.05) is 0 Å². The van der Waals surface area contributed by atoms with E-state index >= 15 is 0 Å². The molecule has 0 radical (unpaired) electrons. The molecule has 1 saturated heterocycles. The Bertz CT molecular complexity index is 1310. The second kappa shape index (κ2) is 10.2. The minimum atomic E-state index is -1.33. The summed E-state index contributed by atoms with van der Waals surface area (Å²) in [5.74, 6) is -4.08. The summed E-state index contributed by atoms with van der Waals surface area (Å²) in [4.78, 5) is 58.2. The maximum absolute atomic E-state index is 12.9. The lowest BCUT2D eigenvalue weighted by atomic mass is 10.0. The monoisotopic (exact) mass is 535 g/mol. The maximum Gasteiger partial charge on any atom is 0.352 e. The summed E-state index contributed by atoms with van der Waals surface area (Å²) in [6.07, 6.45) is 3.38. The van der Waals surface area contributed by atoms with Gasteiger partial charge in [0.1, 0.15) is 17.1 Å². The van der Waals surface area contributed by atoms with E-state index in [1.54, 1.807) is 29.1 Å². The molecule has 2 amide bonds. The van der Waals surface area contributed by atoms with Crippen LogP contribution < -0.4 is 21.4 Å². The Hall–Kier alpha value is -4.25. The van der Waals surface area contributed by atoms with Crippen molar-refractivity contribution in [3.8, 4) is 0 Å². The SMILES string of the molecule is Nc1ccc[n+](CC2=C(C(=O)O)N3C(=O)C(NC(=O)C(=NOCC(=O)O)c4nsc(N)n4)[C@H]3SC2)c1. The number of carbonyl (C=O) groups is 4. The van der Waals surface area contributed by atoms with Crippen molar-refractivity contribution in [1.82, 2.24) is 19.6 Å². The van der Waals surface area contributed by atoms with E-state index in [-0.39, 0.29) is 29.0 Å². The maximum atomic E-state index is 12.9. The van der Waals surface area contributed by atoms with E-state index in [0.29, 0.717) is 11.3 Å². The third-order valence-electron chi connectivity index (χ3n) is 5.00. The summed E-state index contributed by atoms with van der Waals surface area (Å²) < 4.78 is 5.58. The van der Waals surface area contributed by atoms with Crippen molar-refractivity contribution >= 4 is 63.6 Å². The van der Waals surface area contributed by atoms with Gasteiger partial charge in [-0.1, -0.05) is 5.16 Å². The fourth-order valence-corrected chi connectivity index (χ4v) is 5.31. The van der Waals surface area contributed by atoms with Crippen LogP contribution in [-0.4, -0.2) is 77.7 Å². The first-order valence-corrected chi connectivity index (χ1v) is 11.9. The van der Waals surface area contributed by atoms with Crippen LogP contribution in [0.1, 0.15) is 5.82 Å². The highest BCUT2D eigenvalue weighted by Gasteiger charge is 2.54. The molecule has 2 aliphatic rings. The van der Waals surface area contributed by atoms with Crippen molar-refractivity contribution in [1.29, 1.82) is 0 Å². The standard InChI is InChI=1S/C19H18N8O7S2/c20-9-2-1-3-26(5-9)4-8-7-35-17-12(16(31)27(17)13(8)18(32)33)22-15(30)11(24-34-6-10(28)29)14-23-19(21)36-25-14/h1-3,5,12,17H,4,6-7,20H2,(H4-,21,22,23,25,28,29,30,32,33)/p+1/t12?,17-/m1/s1. The minimum Gasteiger partial charge on any atom is -0.479 e. The first-order valence-electron chi connectivity index (χ1n) is 10.1. The fourth-order valence-electron chi connectivity index (χ4n) is 3.54. The van der Waals surface area contributed by atoms with E-state index in [4.69, 9.17) is 16.6 Å². The smallest absolute Gasteiger partial charge is 0.352 e. The number of aromatic nitrogens is 3. The summed E-state index contributed by atoms with van der Waals surface area (Å²) in [5.41, 5.74) is 11.7. The van der Waals surface area contributed by atoms with Crippen molar-refractivity contribution < 1.29 is 38.8 Å². The molecule has 4 heterocycles. The van der Waals surface area contributed by atoms with Crippen LogP contribution in [0.25, 0.3) is 0 Å². The zero-order chi connectivity index (χ0) is 26.0. The van der Waals surface area contributed by atoms with Gasteiger partial charge in [-0.15, -0.1) is 11.8 Å². The third kappa shape index (κ3) is 5.05. The summed E-state index contributed by atoms with van der Waals surface area (Å²) in [6, 6.07) is 2.35. The van der Waals surface area contributed by atoms with Crippen LogP contribution in [0.2, 0.25) is 0 Å². The number of nitrogens with one attached hydrogen (secondary N) is 1. The van der Waals surface area contributed by atoms with Gasteiger partial charge in [0.15, 0.2) is 24.1 Å². The third-order valence-corrected chi connectivity index (χ3v) is 6.89. The van der Waals surface area contributed by atoms with Gasteiger partial charge in [0.25, 0.3) is 11.8 Å². The van der Waals surface area contributed by atoms with Crippen LogP contribution in [-0.2, 0) is 30.6 Å². The number of carboxylic acids is 2. The molecule has 0 aliphatic carbocycles. The lowest BCUT2D eigenvalue weighted by molar-refractivity contribution is -0.688. The van der Waals surface area contributed by atoms with Crippen molar-refractivity contribution in [2.45, 2.75) is 18.0 Å². The quantitative estimate of drug-likeness (QED) is 0.104. The Kier molecular flexibility index (Phi) is 7.02. The molecule has 2 aromatic rings. The topological polar surface area (TPSA) is 227 Å². The number of β-lactam (4-membered cyclic amide) rings is 1. The zero-order valence-electron chi connectivity index (χ0n) is 18.2. The molecule has 0 spiro atoms. The van der Waals surface area contributed by atoms with E-state index in [1.165, 1.54) is 11.8 Å². The lowest BCUT2D eigenvalue weighted by Crippen LogP contribution is -2.71. The molecule has 0 aromatic carbocycles. The number of nitrogens with zero attached hydrogens (tertiary/aromatic N) is 5. The van der Waals surface area contributed by atoms with Gasteiger partial charge in [-0.3, -0.25) is 14.5 Å². The Morgan fingerprint density at radius 3 is 2.75 bits per heavy atom. The summed E-state index contributed by atoms with van der Waals surface area (Å²) >= 11 is 2.06. The summed E-state index contributed by atoms with van der Waals surface area (Å²) in [6.45, 7) is -0.618. The normalized spacial score (nSPS) is 19.4. The molecule has 2 aromatic heterocycles. The number of carbonyl (C=O) groups excluding carboxylic acids is 2. The molecule has 2 atom stereocenters. The number of aliphatic carboxylic acids is 2. The molecule has 188 valence electrons. The van der Waals surface area contributed by atoms with Gasteiger partial charge in [0.2, 0.25) is 18.1 Å². The average Bonchev–Trinajstić information content (AvgIpc) is 3.25. The van der Waals surface area contributed by atoms with Crippen molar-refractivity contribution in [2.24, 2.45) is 5.16 Å². The predicted molar refractivity (Wildman–Crippen MR) is 125 cm³/mol.